The molecular formula is C19H24N4O3S. The number of ether oxygens (including phenoxy) is 1. The smallest absolute Gasteiger partial charge is 0.281 e. The number of hydrogen-bond acceptors (Lipinski definition) is 5. The molecular weight excluding hydrogens is 364 g/mol. The Morgan fingerprint density at radius 2 is 1.74 bits per heavy atom. The van der Waals surface area contributed by atoms with Crippen molar-refractivity contribution < 1.29 is 13.2 Å². The summed E-state index contributed by atoms with van der Waals surface area (Å²) in [5.41, 5.74) is 1.81. The minimum atomic E-state index is -3.31. The summed E-state index contributed by atoms with van der Waals surface area (Å²) in [5.74, 6) is 0.647. The van der Waals surface area contributed by atoms with Crippen LogP contribution >= 0.6 is 0 Å². The molecule has 0 bridgehead atoms. The first-order valence-electron chi connectivity index (χ1n) is 9.40. The summed E-state index contributed by atoms with van der Waals surface area (Å²) >= 11 is 0. The normalized spacial score (nSPS) is 21.6. The Balaban J connectivity index is 1.31. The van der Waals surface area contributed by atoms with Crippen LogP contribution in [0.5, 0.6) is 5.88 Å². The maximum absolute atomic E-state index is 12.6. The standard InChI is InChI=1S/C19H24N4O3S/c24-27(25,22-11-4-5-12-22)23-13-10-16(14-23)15-26-19-9-8-18(20-21-19)17-6-2-1-3-7-17/h1-3,6-9,16H,4-5,10-15H2. The van der Waals surface area contributed by atoms with Gasteiger partial charge in [0, 0.05) is 43.7 Å². The van der Waals surface area contributed by atoms with E-state index in [-0.39, 0.29) is 5.92 Å². The van der Waals surface area contributed by atoms with Crippen molar-refractivity contribution in [2.45, 2.75) is 19.3 Å². The highest BCUT2D eigenvalue weighted by Gasteiger charge is 2.36. The van der Waals surface area contributed by atoms with Crippen molar-refractivity contribution in [3.05, 3.63) is 42.5 Å². The van der Waals surface area contributed by atoms with Crippen LogP contribution in [0.3, 0.4) is 0 Å². The third-order valence-corrected chi connectivity index (χ3v) is 7.14. The summed E-state index contributed by atoms with van der Waals surface area (Å²) in [5, 5.41) is 8.35. The lowest BCUT2D eigenvalue weighted by Gasteiger charge is -2.23. The fraction of sp³-hybridized carbons (Fsp3) is 0.474. The van der Waals surface area contributed by atoms with Crippen LogP contribution in [-0.2, 0) is 10.2 Å². The molecule has 8 heteroatoms. The lowest BCUT2D eigenvalue weighted by atomic mass is 10.1. The summed E-state index contributed by atoms with van der Waals surface area (Å²) in [6.45, 7) is 2.80. The number of benzene rings is 1. The fourth-order valence-corrected chi connectivity index (χ4v) is 5.37. The molecule has 27 heavy (non-hydrogen) atoms. The average molecular weight is 388 g/mol. The highest BCUT2D eigenvalue weighted by Crippen LogP contribution is 2.25. The minimum Gasteiger partial charge on any atom is -0.476 e. The minimum absolute atomic E-state index is 0.179. The summed E-state index contributed by atoms with van der Waals surface area (Å²) in [6, 6.07) is 13.5. The zero-order chi connectivity index (χ0) is 18.7. The van der Waals surface area contributed by atoms with Gasteiger partial charge in [0.25, 0.3) is 10.2 Å². The Labute approximate surface area is 160 Å². The van der Waals surface area contributed by atoms with Gasteiger partial charge >= 0.3 is 0 Å². The largest absolute Gasteiger partial charge is 0.476 e. The second kappa shape index (κ2) is 7.92. The first-order chi connectivity index (χ1) is 13.1. The Hall–Kier alpha value is -2.03. The highest BCUT2D eigenvalue weighted by molar-refractivity contribution is 7.86. The van der Waals surface area contributed by atoms with Gasteiger partial charge in [0.05, 0.1) is 12.3 Å². The van der Waals surface area contributed by atoms with E-state index >= 15 is 0 Å². The lowest BCUT2D eigenvalue weighted by Crippen LogP contribution is -2.41. The molecule has 1 atom stereocenters. The lowest BCUT2D eigenvalue weighted by molar-refractivity contribution is 0.243. The SMILES string of the molecule is O=S(=O)(N1CCCC1)N1CCC(COc2ccc(-c3ccccc3)nn2)C1. The molecule has 4 rings (SSSR count). The molecule has 7 nitrogen and oxygen atoms in total. The highest BCUT2D eigenvalue weighted by atomic mass is 32.2. The van der Waals surface area contributed by atoms with E-state index in [1.54, 1.807) is 8.61 Å². The topological polar surface area (TPSA) is 75.6 Å². The molecule has 1 unspecified atom stereocenters. The summed E-state index contributed by atoms with van der Waals surface area (Å²) in [4.78, 5) is 0. The van der Waals surface area contributed by atoms with E-state index in [0.29, 0.717) is 38.7 Å². The number of hydrogen-bond donors (Lipinski definition) is 0. The zero-order valence-corrected chi connectivity index (χ0v) is 16.0. The maximum Gasteiger partial charge on any atom is 0.281 e. The van der Waals surface area contributed by atoms with Crippen LogP contribution in [0.2, 0.25) is 0 Å². The van der Waals surface area contributed by atoms with Crippen molar-refractivity contribution in [3.63, 3.8) is 0 Å². The third kappa shape index (κ3) is 4.12. The van der Waals surface area contributed by atoms with Crippen LogP contribution < -0.4 is 4.74 Å². The molecule has 0 N–H and O–H groups in total. The molecule has 3 heterocycles. The van der Waals surface area contributed by atoms with Crippen LogP contribution in [-0.4, -0.2) is 60.0 Å². The molecule has 0 radical (unpaired) electrons. The Bertz CT molecular complexity index is 852. The van der Waals surface area contributed by atoms with Gasteiger partial charge in [-0.3, -0.25) is 0 Å². The first kappa shape index (κ1) is 18.3. The van der Waals surface area contributed by atoms with Gasteiger partial charge in [-0.2, -0.15) is 17.0 Å². The molecule has 0 aliphatic carbocycles. The molecule has 2 fully saturated rings. The molecule has 2 aromatic rings. The predicted octanol–water partition coefficient (Wildman–Crippen LogP) is 2.18. The van der Waals surface area contributed by atoms with Crippen LogP contribution in [0.4, 0.5) is 0 Å². The van der Waals surface area contributed by atoms with E-state index in [9.17, 15) is 8.42 Å². The zero-order valence-electron chi connectivity index (χ0n) is 15.2. The fourth-order valence-electron chi connectivity index (χ4n) is 3.59. The van der Waals surface area contributed by atoms with E-state index in [2.05, 4.69) is 10.2 Å². The van der Waals surface area contributed by atoms with Crippen molar-refractivity contribution in [2.75, 3.05) is 32.8 Å². The number of rotatable bonds is 6. The molecule has 2 aliphatic rings. The predicted molar refractivity (Wildman–Crippen MR) is 102 cm³/mol. The van der Waals surface area contributed by atoms with Crippen molar-refractivity contribution in [2.24, 2.45) is 5.92 Å². The van der Waals surface area contributed by atoms with E-state index in [1.165, 1.54) is 0 Å². The van der Waals surface area contributed by atoms with Gasteiger partial charge in [0.1, 0.15) is 0 Å². The van der Waals surface area contributed by atoms with Gasteiger partial charge in [-0.25, -0.2) is 0 Å². The second-order valence-electron chi connectivity index (χ2n) is 7.06. The summed E-state index contributed by atoms with van der Waals surface area (Å²) in [7, 11) is -3.31. The van der Waals surface area contributed by atoms with E-state index in [0.717, 1.165) is 30.5 Å². The van der Waals surface area contributed by atoms with Crippen molar-refractivity contribution in [3.8, 4) is 17.1 Å². The first-order valence-corrected chi connectivity index (χ1v) is 10.8. The van der Waals surface area contributed by atoms with Gasteiger partial charge in [-0.05, 0) is 25.3 Å². The molecule has 1 aromatic carbocycles. The summed E-state index contributed by atoms with van der Waals surface area (Å²) < 4.78 is 34.2. The van der Waals surface area contributed by atoms with Gasteiger partial charge < -0.3 is 4.74 Å². The summed E-state index contributed by atoms with van der Waals surface area (Å²) in [6.07, 6.45) is 2.72. The van der Waals surface area contributed by atoms with Crippen molar-refractivity contribution >= 4 is 10.2 Å². The molecule has 1 aromatic heterocycles. The van der Waals surface area contributed by atoms with Crippen molar-refractivity contribution in [1.29, 1.82) is 0 Å². The van der Waals surface area contributed by atoms with Crippen molar-refractivity contribution in [1.82, 2.24) is 18.8 Å². The van der Waals surface area contributed by atoms with E-state index < -0.39 is 10.2 Å². The van der Waals surface area contributed by atoms with Crippen LogP contribution in [0.15, 0.2) is 42.5 Å². The molecule has 2 saturated heterocycles. The van der Waals surface area contributed by atoms with Crippen LogP contribution in [0.25, 0.3) is 11.3 Å². The van der Waals surface area contributed by atoms with Gasteiger partial charge in [0.15, 0.2) is 0 Å². The number of aromatic nitrogens is 2. The average Bonchev–Trinajstić information content (AvgIpc) is 3.40. The molecule has 0 saturated carbocycles. The van der Waals surface area contributed by atoms with Gasteiger partial charge in [-0.1, -0.05) is 30.3 Å². The quantitative estimate of drug-likeness (QED) is 0.758. The molecule has 0 spiro atoms. The Kier molecular flexibility index (Phi) is 5.38. The van der Waals surface area contributed by atoms with Gasteiger partial charge in [-0.15, -0.1) is 10.2 Å². The Morgan fingerprint density at radius 3 is 2.44 bits per heavy atom. The van der Waals surface area contributed by atoms with E-state index in [4.69, 9.17) is 4.74 Å². The Morgan fingerprint density at radius 1 is 0.963 bits per heavy atom. The van der Waals surface area contributed by atoms with E-state index in [1.807, 2.05) is 42.5 Å². The monoisotopic (exact) mass is 388 g/mol. The second-order valence-corrected chi connectivity index (χ2v) is 8.99. The molecule has 144 valence electrons. The van der Waals surface area contributed by atoms with Crippen LogP contribution in [0.1, 0.15) is 19.3 Å². The third-order valence-electron chi connectivity index (χ3n) is 5.14. The maximum atomic E-state index is 12.6. The molecule has 2 aliphatic heterocycles. The molecule has 0 amide bonds. The number of nitrogens with zero attached hydrogens (tertiary/aromatic N) is 4. The van der Waals surface area contributed by atoms with Gasteiger partial charge in [0.2, 0.25) is 5.88 Å². The van der Waals surface area contributed by atoms with Crippen LogP contribution in [0, 0.1) is 5.92 Å².